The van der Waals surface area contributed by atoms with Crippen LogP contribution in [0.15, 0.2) is 112 Å². The molecule has 0 amide bonds. The Morgan fingerprint density at radius 2 is 1.47 bits per heavy atom. The van der Waals surface area contributed by atoms with Crippen molar-refractivity contribution in [3.8, 4) is 5.75 Å². The van der Waals surface area contributed by atoms with E-state index < -0.39 is 16.1 Å². The number of ketones is 1. The lowest BCUT2D eigenvalue weighted by atomic mass is 10.0. The Labute approximate surface area is 209 Å². The highest BCUT2D eigenvalue weighted by atomic mass is 32.2. The van der Waals surface area contributed by atoms with Crippen LogP contribution in [0, 0.1) is 0 Å². The third kappa shape index (κ3) is 5.32. The smallest absolute Gasteiger partial charge is 0.241 e. The van der Waals surface area contributed by atoms with Crippen LogP contribution in [0.5, 0.6) is 5.75 Å². The lowest BCUT2D eigenvalue weighted by molar-refractivity contribution is -0.122. The zero-order valence-corrected chi connectivity index (χ0v) is 20.3. The van der Waals surface area contributed by atoms with E-state index in [2.05, 4.69) is 4.72 Å². The maximum Gasteiger partial charge on any atom is 0.241 e. The van der Waals surface area contributed by atoms with E-state index >= 15 is 0 Å². The fourth-order valence-corrected chi connectivity index (χ4v) is 5.42. The van der Waals surface area contributed by atoms with Crippen molar-refractivity contribution in [3.63, 3.8) is 0 Å². The van der Waals surface area contributed by atoms with Crippen LogP contribution in [0.25, 0.3) is 21.9 Å². The molecule has 0 bridgehead atoms. The number of hydrogen-bond donors (Lipinski definition) is 1. The van der Waals surface area contributed by atoms with E-state index in [-0.39, 0.29) is 17.3 Å². The van der Waals surface area contributed by atoms with Gasteiger partial charge in [-0.2, -0.15) is 0 Å². The Kier molecular flexibility index (Phi) is 6.84. The molecule has 6 nitrogen and oxygen atoms in total. The molecule has 0 saturated heterocycles. The van der Waals surface area contributed by atoms with Crippen LogP contribution in [0.1, 0.15) is 12.0 Å². The quantitative estimate of drug-likeness (QED) is 0.274. The Balaban J connectivity index is 1.39. The molecule has 0 spiro atoms. The molecule has 5 rings (SSSR count). The molecular weight excluding hydrogens is 474 g/mol. The molecular formula is C29H25NO5S. The number of para-hydroxylation sites is 2. The summed E-state index contributed by atoms with van der Waals surface area (Å²) in [5.41, 5.74) is 2.30. The molecule has 0 radical (unpaired) electrons. The largest absolute Gasteiger partial charge is 0.486 e. The second-order valence-electron chi connectivity index (χ2n) is 8.52. The summed E-state index contributed by atoms with van der Waals surface area (Å²) in [6.45, 7) is -0.239. The predicted octanol–water partition coefficient (Wildman–Crippen LogP) is 5.51. The molecule has 1 heterocycles. The van der Waals surface area contributed by atoms with E-state index in [4.69, 9.17) is 9.15 Å². The van der Waals surface area contributed by atoms with Crippen molar-refractivity contribution >= 4 is 37.7 Å². The van der Waals surface area contributed by atoms with Crippen molar-refractivity contribution in [1.82, 2.24) is 4.72 Å². The number of rotatable bonds is 10. The summed E-state index contributed by atoms with van der Waals surface area (Å²) in [6.07, 6.45) is 0.841. The number of nitrogens with one attached hydrogen (secondary N) is 1. The van der Waals surface area contributed by atoms with Gasteiger partial charge in [-0.05, 0) is 54.8 Å². The van der Waals surface area contributed by atoms with Crippen LogP contribution in [0.2, 0.25) is 0 Å². The third-order valence-electron chi connectivity index (χ3n) is 6.03. The van der Waals surface area contributed by atoms with Gasteiger partial charge in [0.1, 0.15) is 23.5 Å². The average molecular weight is 500 g/mol. The number of carbonyl (C=O) groups excluding carboxylic acids is 1. The molecule has 0 aliphatic carbocycles. The molecule has 5 aromatic rings. The molecule has 1 atom stereocenters. The zero-order valence-electron chi connectivity index (χ0n) is 19.5. The van der Waals surface area contributed by atoms with Gasteiger partial charge < -0.3 is 9.15 Å². The van der Waals surface area contributed by atoms with Gasteiger partial charge in [0.05, 0.1) is 10.9 Å². The van der Waals surface area contributed by atoms with Gasteiger partial charge in [0.2, 0.25) is 10.0 Å². The Morgan fingerprint density at radius 1 is 0.806 bits per heavy atom. The van der Waals surface area contributed by atoms with Gasteiger partial charge in [-0.25, -0.2) is 13.1 Å². The lowest BCUT2D eigenvalue weighted by Crippen LogP contribution is -2.43. The fourth-order valence-electron chi connectivity index (χ4n) is 4.14. The summed E-state index contributed by atoms with van der Waals surface area (Å²) in [4.78, 5) is 13.2. The highest BCUT2D eigenvalue weighted by Gasteiger charge is 2.26. The van der Waals surface area contributed by atoms with Crippen molar-refractivity contribution in [3.05, 3.63) is 109 Å². The second kappa shape index (κ2) is 10.4. The van der Waals surface area contributed by atoms with Gasteiger partial charge in [-0.1, -0.05) is 66.7 Å². The number of Topliss-reactive ketones (excluding diaryl/α,β-unsaturated/α-hetero) is 1. The number of aryl methyl sites for hydroxylation is 1. The minimum atomic E-state index is -4.00. The number of sulfonamides is 1. The molecule has 0 aliphatic rings. The first-order valence-electron chi connectivity index (χ1n) is 11.7. The Bertz CT molecular complexity index is 1590. The number of benzene rings is 4. The first-order valence-corrected chi connectivity index (χ1v) is 13.2. The first kappa shape index (κ1) is 23.8. The van der Waals surface area contributed by atoms with Crippen LogP contribution in [0.3, 0.4) is 0 Å². The number of fused-ring (bicyclic) bond motifs is 3. The second-order valence-corrected chi connectivity index (χ2v) is 10.2. The van der Waals surface area contributed by atoms with Crippen molar-refractivity contribution in [1.29, 1.82) is 0 Å². The molecule has 1 aromatic heterocycles. The van der Waals surface area contributed by atoms with Gasteiger partial charge in [0, 0.05) is 10.8 Å². The topological polar surface area (TPSA) is 85.6 Å². The minimum absolute atomic E-state index is 0.0723. The average Bonchev–Trinajstić information content (AvgIpc) is 3.29. The van der Waals surface area contributed by atoms with Crippen LogP contribution < -0.4 is 9.46 Å². The molecule has 4 aromatic carbocycles. The summed E-state index contributed by atoms with van der Waals surface area (Å²) in [7, 11) is -4.00. The number of furan rings is 1. The van der Waals surface area contributed by atoms with Gasteiger partial charge in [0.15, 0.2) is 5.78 Å². The summed E-state index contributed by atoms with van der Waals surface area (Å²) in [6, 6.07) is 29.9. The molecule has 0 saturated carbocycles. The molecule has 0 fully saturated rings. The Morgan fingerprint density at radius 3 is 2.25 bits per heavy atom. The van der Waals surface area contributed by atoms with Crippen molar-refractivity contribution in [2.24, 2.45) is 0 Å². The first-order chi connectivity index (χ1) is 17.5. The Hall–Kier alpha value is -3.94. The number of carbonyl (C=O) groups is 1. The minimum Gasteiger partial charge on any atom is -0.486 e. The van der Waals surface area contributed by atoms with Crippen LogP contribution in [0.4, 0.5) is 0 Å². The maximum atomic E-state index is 13.4. The van der Waals surface area contributed by atoms with Gasteiger partial charge in [-0.3, -0.25) is 4.79 Å². The predicted molar refractivity (Wildman–Crippen MR) is 140 cm³/mol. The number of ether oxygens (including phenoxy) is 1. The van der Waals surface area contributed by atoms with E-state index in [1.54, 1.807) is 24.3 Å². The number of hydrogen-bond acceptors (Lipinski definition) is 5. The lowest BCUT2D eigenvalue weighted by Gasteiger charge is -2.18. The zero-order chi connectivity index (χ0) is 25.0. The van der Waals surface area contributed by atoms with E-state index in [0.717, 1.165) is 10.9 Å². The highest BCUT2D eigenvalue weighted by Crippen LogP contribution is 2.30. The van der Waals surface area contributed by atoms with Crippen LogP contribution >= 0.6 is 0 Å². The SMILES string of the molecule is O=C(COc1ccccc1)C(CCc1ccccc1)NS(=O)(=O)c1ccc2oc3ccccc3c2c1. The van der Waals surface area contributed by atoms with Crippen LogP contribution in [-0.4, -0.2) is 26.8 Å². The van der Waals surface area contributed by atoms with E-state index in [1.165, 1.54) is 6.07 Å². The van der Waals surface area contributed by atoms with E-state index in [1.807, 2.05) is 72.8 Å². The molecule has 1 unspecified atom stereocenters. The third-order valence-corrected chi connectivity index (χ3v) is 7.50. The normalized spacial score (nSPS) is 12.6. The fraction of sp³-hybridized carbons (Fsp3) is 0.138. The van der Waals surface area contributed by atoms with Crippen LogP contribution in [-0.2, 0) is 21.2 Å². The monoisotopic (exact) mass is 499 g/mol. The van der Waals surface area contributed by atoms with E-state index in [0.29, 0.717) is 35.1 Å². The van der Waals surface area contributed by atoms with E-state index in [9.17, 15) is 13.2 Å². The van der Waals surface area contributed by atoms with Gasteiger partial charge >= 0.3 is 0 Å². The summed E-state index contributed by atoms with van der Waals surface area (Å²) >= 11 is 0. The maximum absolute atomic E-state index is 13.4. The van der Waals surface area contributed by atoms with Crippen molar-refractivity contribution in [2.45, 2.75) is 23.8 Å². The molecule has 0 aliphatic heterocycles. The van der Waals surface area contributed by atoms with Crippen molar-refractivity contribution in [2.75, 3.05) is 6.61 Å². The van der Waals surface area contributed by atoms with Gasteiger partial charge in [-0.15, -0.1) is 0 Å². The molecule has 7 heteroatoms. The van der Waals surface area contributed by atoms with Crippen molar-refractivity contribution < 1.29 is 22.4 Å². The molecule has 36 heavy (non-hydrogen) atoms. The standard InChI is InChI=1S/C29H25NO5S/c31-27(20-34-22-11-5-2-6-12-22)26(17-15-21-9-3-1-4-10-21)30-36(32,33)23-16-18-29-25(19-23)24-13-7-8-14-28(24)35-29/h1-14,16,18-19,26,30H,15,17,20H2. The highest BCUT2D eigenvalue weighted by molar-refractivity contribution is 7.89. The summed E-state index contributed by atoms with van der Waals surface area (Å²) < 4.78 is 40.9. The molecule has 1 N–H and O–H groups in total. The van der Waals surface area contributed by atoms with Gasteiger partial charge in [0.25, 0.3) is 0 Å². The summed E-state index contributed by atoms with van der Waals surface area (Å²) in [5.74, 6) is 0.209. The summed E-state index contributed by atoms with van der Waals surface area (Å²) in [5, 5.41) is 1.53. The molecule has 182 valence electrons.